The molecule has 0 bridgehead atoms. The second kappa shape index (κ2) is 7.45. The quantitative estimate of drug-likeness (QED) is 0.765. The largest absolute Gasteiger partial charge is 0.490 e. The highest BCUT2D eigenvalue weighted by Crippen LogP contribution is 2.33. The number of carbonyl (C=O) groups is 1. The number of esters is 1. The average molecular weight is 304 g/mol. The number of carbonyl (C=O) groups excluding carboxylic acids is 1. The number of hydrogen-bond donors (Lipinski definition) is 0. The van der Waals surface area contributed by atoms with Gasteiger partial charge in [-0.1, -0.05) is 30.3 Å². The number of halogens is 1. The Balaban J connectivity index is 2.27. The third kappa shape index (κ3) is 3.75. The molecular weight excluding hydrogens is 287 g/mol. The first-order chi connectivity index (χ1) is 10.7. The van der Waals surface area contributed by atoms with E-state index in [2.05, 4.69) is 4.74 Å². The molecule has 0 saturated heterocycles. The summed E-state index contributed by atoms with van der Waals surface area (Å²) in [5, 5.41) is 0. The number of hydrogen-bond acceptors (Lipinski definition) is 4. The maximum atomic E-state index is 14.2. The van der Waals surface area contributed by atoms with Gasteiger partial charge in [0.2, 0.25) is 0 Å². The fourth-order valence-electron chi connectivity index (χ4n) is 1.94. The molecule has 2 aromatic carbocycles. The van der Waals surface area contributed by atoms with Crippen LogP contribution in [0, 0.1) is 5.82 Å². The summed E-state index contributed by atoms with van der Waals surface area (Å²) in [5.74, 6) is -1.13. The summed E-state index contributed by atoms with van der Waals surface area (Å²) in [5.41, 5.74) is 0.983. The molecule has 2 aromatic rings. The van der Waals surface area contributed by atoms with E-state index >= 15 is 0 Å². The molecule has 0 atom stereocenters. The minimum Gasteiger partial charge on any atom is -0.490 e. The van der Waals surface area contributed by atoms with Crippen LogP contribution in [0.25, 0.3) is 0 Å². The van der Waals surface area contributed by atoms with Gasteiger partial charge in [-0.3, -0.25) is 0 Å². The first kappa shape index (κ1) is 15.8. The molecule has 4 nitrogen and oxygen atoms in total. The van der Waals surface area contributed by atoms with Gasteiger partial charge in [0.15, 0.2) is 17.3 Å². The second-order valence-electron chi connectivity index (χ2n) is 4.48. The van der Waals surface area contributed by atoms with E-state index in [0.29, 0.717) is 6.61 Å². The summed E-state index contributed by atoms with van der Waals surface area (Å²) >= 11 is 0. The van der Waals surface area contributed by atoms with Gasteiger partial charge in [0, 0.05) is 0 Å². The SMILES string of the molecule is CCOc1cc(C(=O)OC)cc(F)c1OCc1ccccc1. The standard InChI is InChI=1S/C17H17FO4/c1-3-21-15-10-13(17(19)20-2)9-14(18)16(15)22-11-12-7-5-4-6-8-12/h4-10H,3,11H2,1-2H3. The van der Waals surface area contributed by atoms with E-state index in [0.717, 1.165) is 11.6 Å². The van der Waals surface area contributed by atoms with Crippen LogP contribution in [0.4, 0.5) is 4.39 Å². The van der Waals surface area contributed by atoms with E-state index < -0.39 is 11.8 Å². The molecule has 116 valence electrons. The van der Waals surface area contributed by atoms with Crippen molar-refractivity contribution in [1.29, 1.82) is 0 Å². The molecule has 22 heavy (non-hydrogen) atoms. The zero-order chi connectivity index (χ0) is 15.9. The summed E-state index contributed by atoms with van der Waals surface area (Å²) in [7, 11) is 1.24. The van der Waals surface area contributed by atoms with Crippen molar-refractivity contribution in [2.24, 2.45) is 0 Å². The molecule has 0 aliphatic carbocycles. The Hall–Kier alpha value is -2.56. The van der Waals surface area contributed by atoms with Gasteiger partial charge in [0.25, 0.3) is 0 Å². The molecule has 2 rings (SSSR count). The second-order valence-corrected chi connectivity index (χ2v) is 4.48. The lowest BCUT2D eigenvalue weighted by Gasteiger charge is -2.14. The van der Waals surface area contributed by atoms with Gasteiger partial charge in [-0.2, -0.15) is 0 Å². The zero-order valence-corrected chi connectivity index (χ0v) is 12.5. The van der Waals surface area contributed by atoms with Crippen LogP contribution in [0.2, 0.25) is 0 Å². The average Bonchev–Trinajstić information content (AvgIpc) is 2.54. The highest BCUT2D eigenvalue weighted by atomic mass is 19.1. The molecule has 0 aliphatic rings. The normalized spacial score (nSPS) is 10.1. The van der Waals surface area contributed by atoms with Gasteiger partial charge in [-0.25, -0.2) is 9.18 Å². The Kier molecular flexibility index (Phi) is 5.36. The van der Waals surface area contributed by atoms with Gasteiger partial charge < -0.3 is 14.2 Å². The lowest BCUT2D eigenvalue weighted by atomic mass is 10.2. The van der Waals surface area contributed by atoms with Gasteiger partial charge in [0.05, 0.1) is 19.3 Å². The summed E-state index contributed by atoms with van der Waals surface area (Å²) in [6, 6.07) is 11.9. The fourth-order valence-corrected chi connectivity index (χ4v) is 1.94. The van der Waals surface area contributed by atoms with Gasteiger partial charge in [-0.05, 0) is 24.6 Å². The Morgan fingerprint density at radius 1 is 1.14 bits per heavy atom. The summed E-state index contributed by atoms with van der Waals surface area (Å²) < 4.78 is 29.7. The first-order valence-electron chi connectivity index (χ1n) is 6.87. The van der Waals surface area contributed by atoms with Crippen molar-refractivity contribution in [2.75, 3.05) is 13.7 Å². The smallest absolute Gasteiger partial charge is 0.338 e. The van der Waals surface area contributed by atoms with Crippen LogP contribution >= 0.6 is 0 Å². The molecule has 0 radical (unpaired) electrons. The van der Waals surface area contributed by atoms with Crippen LogP contribution in [-0.2, 0) is 11.3 Å². The molecule has 0 unspecified atom stereocenters. The van der Waals surface area contributed by atoms with Crippen LogP contribution in [0.15, 0.2) is 42.5 Å². The lowest BCUT2D eigenvalue weighted by molar-refractivity contribution is 0.0599. The topological polar surface area (TPSA) is 44.8 Å². The number of methoxy groups -OCH3 is 1. The van der Waals surface area contributed by atoms with Gasteiger partial charge in [-0.15, -0.1) is 0 Å². The van der Waals surface area contributed by atoms with Gasteiger partial charge in [0.1, 0.15) is 6.61 Å². The van der Waals surface area contributed by atoms with E-state index in [9.17, 15) is 9.18 Å². The van der Waals surface area contributed by atoms with Crippen molar-refractivity contribution in [3.63, 3.8) is 0 Å². The molecule has 0 saturated carbocycles. The van der Waals surface area contributed by atoms with Crippen molar-refractivity contribution >= 4 is 5.97 Å². The fraction of sp³-hybridized carbons (Fsp3) is 0.235. The van der Waals surface area contributed by atoms with Crippen molar-refractivity contribution < 1.29 is 23.4 Å². The Labute approximate surface area is 128 Å². The van der Waals surface area contributed by atoms with E-state index in [1.807, 2.05) is 30.3 Å². The van der Waals surface area contributed by atoms with E-state index in [1.54, 1.807) is 6.92 Å². The minimum atomic E-state index is -0.665. The number of benzene rings is 2. The number of rotatable bonds is 6. The maximum Gasteiger partial charge on any atom is 0.338 e. The summed E-state index contributed by atoms with van der Waals surface area (Å²) in [4.78, 5) is 11.5. The van der Waals surface area contributed by atoms with E-state index in [4.69, 9.17) is 9.47 Å². The van der Waals surface area contributed by atoms with Crippen LogP contribution in [0.5, 0.6) is 11.5 Å². The van der Waals surface area contributed by atoms with Crippen molar-refractivity contribution in [3.05, 3.63) is 59.4 Å². The minimum absolute atomic E-state index is 0.0154. The Morgan fingerprint density at radius 2 is 1.86 bits per heavy atom. The molecule has 0 amide bonds. The van der Waals surface area contributed by atoms with Crippen LogP contribution < -0.4 is 9.47 Å². The van der Waals surface area contributed by atoms with Crippen molar-refractivity contribution in [2.45, 2.75) is 13.5 Å². The molecular formula is C17H17FO4. The lowest BCUT2D eigenvalue weighted by Crippen LogP contribution is -2.06. The van der Waals surface area contributed by atoms with E-state index in [-0.39, 0.29) is 23.7 Å². The molecule has 0 heterocycles. The zero-order valence-electron chi connectivity index (χ0n) is 12.5. The van der Waals surface area contributed by atoms with E-state index in [1.165, 1.54) is 13.2 Å². The number of ether oxygens (including phenoxy) is 3. The maximum absolute atomic E-state index is 14.2. The molecule has 0 aromatic heterocycles. The van der Waals surface area contributed by atoms with Crippen LogP contribution in [0.1, 0.15) is 22.8 Å². The predicted molar refractivity (Wildman–Crippen MR) is 79.7 cm³/mol. The Morgan fingerprint density at radius 3 is 2.50 bits per heavy atom. The van der Waals surface area contributed by atoms with Crippen LogP contribution in [-0.4, -0.2) is 19.7 Å². The highest BCUT2D eigenvalue weighted by Gasteiger charge is 2.17. The van der Waals surface area contributed by atoms with Crippen molar-refractivity contribution in [3.8, 4) is 11.5 Å². The molecule has 5 heteroatoms. The Bertz CT molecular complexity index is 641. The molecule has 0 spiro atoms. The molecule has 0 N–H and O–H groups in total. The first-order valence-corrected chi connectivity index (χ1v) is 6.87. The third-order valence-electron chi connectivity index (χ3n) is 2.96. The highest BCUT2D eigenvalue weighted by molar-refractivity contribution is 5.90. The molecule has 0 fully saturated rings. The summed E-state index contributed by atoms with van der Waals surface area (Å²) in [6.45, 7) is 2.30. The van der Waals surface area contributed by atoms with Crippen LogP contribution in [0.3, 0.4) is 0 Å². The summed E-state index contributed by atoms with van der Waals surface area (Å²) in [6.07, 6.45) is 0. The molecule has 0 aliphatic heterocycles. The predicted octanol–water partition coefficient (Wildman–Crippen LogP) is 3.59. The van der Waals surface area contributed by atoms with Gasteiger partial charge >= 0.3 is 5.97 Å². The van der Waals surface area contributed by atoms with Crippen molar-refractivity contribution in [1.82, 2.24) is 0 Å². The third-order valence-corrected chi connectivity index (χ3v) is 2.96. The monoisotopic (exact) mass is 304 g/mol.